The van der Waals surface area contributed by atoms with E-state index in [0.29, 0.717) is 0 Å². The topological polar surface area (TPSA) is 37.8 Å². The summed E-state index contributed by atoms with van der Waals surface area (Å²) >= 11 is 0. The van der Waals surface area contributed by atoms with E-state index in [4.69, 9.17) is 0 Å². The fraction of sp³-hybridized carbons (Fsp3) is 0.500. The van der Waals surface area contributed by atoms with Crippen molar-refractivity contribution in [2.24, 2.45) is 0 Å². The zero-order valence-corrected chi connectivity index (χ0v) is 9.91. The van der Waals surface area contributed by atoms with Gasteiger partial charge >= 0.3 is 0 Å². The number of hydrogen-bond donors (Lipinski definition) is 1. The van der Waals surface area contributed by atoms with Crippen LogP contribution in [0.15, 0.2) is 24.0 Å². The molecular formula is C12H19N3. The molecule has 0 fully saturated rings. The van der Waals surface area contributed by atoms with Crippen LogP contribution >= 0.6 is 0 Å². The minimum atomic E-state index is 0.245. The first-order valence-electron chi connectivity index (χ1n) is 5.25. The lowest BCUT2D eigenvalue weighted by atomic mass is 10.2. The van der Waals surface area contributed by atoms with E-state index in [9.17, 15) is 0 Å². The number of nitrogens with zero attached hydrogens (tertiary/aromatic N) is 2. The number of allylic oxidation sites excluding steroid dienone is 1. The molecule has 0 saturated heterocycles. The van der Waals surface area contributed by atoms with Crippen LogP contribution in [-0.4, -0.2) is 16.5 Å². The summed E-state index contributed by atoms with van der Waals surface area (Å²) < 4.78 is 0. The van der Waals surface area contributed by atoms with Gasteiger partial charge in [-0.2, -0.15) is 0 Å². The minimum absolute atomic E-state index is 0.245. The monoisotopic (exact) mass is 205 g/mol. The third-order valence-corrected chi connectivity index (χ3v) is 2.26. The van der Waals surface area contributed by atoms with E-state index in [2.05, 4.69) is 42.1 Å². The molecular weight excluding hydrogens is 186 g/mol. The Morgan fingerprint density at radius 3 is 2.67 bits per heavy atom. The standard InChI is InChI=1S/C12H19N3/c1-9(2)5-6-13-10(3)12-11(4)14-7-8-15-12/h5,7-8,10,13H,6H2,1-4H3. The summed E-state index contributed by atoms with van der Waals surface area (Å²) in [5, 5.41) is 3.39. The Labute approximate surface area is 91.7 Å². The van der Waals surface area contributed by atoms with Crippen LogP contribution in [0.1, 0.15) is 38.2 Å². The smallest absolute Gasteiger partial charge is 0.0782 e. The van der Waals surface area contributed by atoms with Gasteiger partial charge in [-0.25, -0.2) is 0 Å². The quantitative estimate of drug-likeness (QED) is 0.767. The fourth-order valence-electron chi connectivity index (χ4n) is 1.38. The van der Waals surface area contributed by atoms with Crippen molar-refractivity contribution in [3.8, 4) is 0 Å². The number of hydrogen-bond acceptors (Lipinski definition) is 3. The summed E-state index contributed by atoms with van der Waals surface area (Å²) in [7, 11) is 0. The Hall–Kier alpha value is -1.22. The predicted molar refractivity (Wildman–Crippen MR) is 62.6 cm³/mol. The van der Waals surface area contributed by atoms with Crippen LogP contribution in [0.3, 0.4) is 0 Å². The molecule has 3 nitrogen and oxygen atoms in total. The molecule has 1 heterocycles. The molecule has 1 aromatic heterocycles. The van der Waals surface area contributed by atoms with Crippen LogP contribution < -0.4 is 5.32 Å². The van der Waals surface area contributed by atoms with Gasteiger partial charge in [0.25, 0.3) is 0 Å². The van der Waals surface area contributed by atoms with Crippen molar-refractivity contribution < 1.29 is 0 Å². The van der Waals surface area contributed by atoms with Gasteiger partial charge in [0, 0.05) is 25.0 Å². The lowest BCUT2D eigenvalue weighted by molar-refractivity contribution is 0.592. The molecule has 1 rings (SSSR count). The van der Waals surface area contributed by atoms with Gasteiger partial charge in [-0.15, -0.1) is 0 Å². The normalized spacial score (nSPS) is 12.3. The molecule has 0 aliphatic heterocycles. The summed E-state index contributed by atoms with van der Waals surface area (Å²) in [6, 6.07) is 0.245. The molecule has 1 N–H and O–H groups in total. The van der Waals surface area contributed by atoms with Crippen molar-refractivity contribution in [1.29, 1.82) is 0 Å². The predicted octanol–water partition coefficient (Wildman–Crippen LogP) is 2.40. The molecule has 1 atom stereocenters. The van der Waals surface area contributed by atoms with Crippen molar-refractivity contribution in [2.45, 2.75) is 33.7 Å². The minimum Gasteiger partial charge on any atom is -0.305 e. The third-order valence-electron chi connectivity index (χ3n) is 2.26. The molecule has 0 amide bonds. The van der Waals surface area contributed by atoms with Crippen molar-refractivity contribution in [3.63, 3.8) is 0 Å². The van der Waals surface area contributed by atoms with Crippen molar-refractivity contribution in [1.82, 2.24) is 15.3 Å². The average Bonchev–Trinajstić information content (AvgIpc) is 2.17. The van der Waals surface area contributed by atoms with E-state index in [1.165, 1.54) is 5.57 Å². The highest BCUT2D eigenvalue weighted by atomic mass is 14.9. The maximum Gasteiger partial charge on any atom is 0.0782 e. The van der Waals surface area contributed by atoms with E-state index in [0.717, 1.165) is 17.9 Å². The molecule has 0 radical (unpaired) electrons. The van der Waals surface area contributed by atoms with Gasteiger partial charge in [0.05, 0.1) is 11.4 Å². The van der Waals surface area contributed by atoms with Crippen molar-refractivity contribution in [2.75, 3.05) is 6.54 Å². The lowest BCUT2D eigenvalue weighted by Crippen LogP contribution is -2.20. The van der Waals surface area contributed by atoms with E-state index in [-0.39, 0.29) is 6.04 Å². The molecule has 0 bridgehead atoms. The molecule has 0 saturated carbocycles. The molecule has 0 aliphatic rings. The van der Waals surface area contributed by atoms with E-state index >= 15 is 0 Å². The van der Waals surface area contributed by atoms with E-state index in [1.54, 1.807) is 12.4 Å². The number of rotatable bonds is 4. The largest absolute Gasteiger partial charge is 0.305 e. The van der Waals surface area contributed by atoms with Gasteiger partial charge in [-0.05, 0) is 27.7 Å². The second-order valence-electron chi connectivity index (χ2n) is 3.94. The zero-order valence-electron chi connectivity index (χ0n) is 9.91. The van der Waals surface area contributed by atoms with Crippen LogP contribution in [0.5, 0.6) is 0 Å². The Morgan fingerprint density at radius 2 is 2.07 bits per heavy atom. The maximum atomic E-state index is 4.33. The fourth-order valence-corrected chi connectivity index (χ4v) is 1.38. The third kappa shape index (κ3) is 3.80. The van der Waals surface area contributed by atoms with Gasteiger partial charge in [-0.3, -0.25) is 9.97 Å². The van der Waals surface area contributed by atoms with Crippen LogP contribution in [0.4, 0.5) is 0 Å². The Morgan fingerprint density at radius 1 is 1.40 bits per heavy atom. The number of aryl methyl sites for hydroxylation is 1. The van der Waals surface area contributed by atoms with Gasteiger partial charge < -0.3 is 5.32 Å². The van der Waals surface area contributed by atoms with E-state index < -0.39 is 0 Å². The highest BCUT2D eigenvalue weighted by Crippen LogP contribution is 2.10. The Kier molecular flexibility index (Phi) is 4.43. The second kappa shape index (κ2) is 5.61. The van der Waals surface area contributed by atoms with Crippen molar-refractivity contribution in [3.05, 3.63) is 35.4 Å². The molecule has 3 heteroatoms. The van der Waals surface area contributed by atoms with E-state index in [1.807, 2.05) is 6.92 Å². The average molecular weight is 205 g/mol. The summed E-state index contributed by atoms with van der Waals surface area (Å²) in [5.74, 6) is 0. The molecule has 0 spiro atoms. The number of nitrogens with one attached hydrogen (secondary N) is 1. The Balaban J connectivity index is 2.58. The first-order chi connectivity index (χ1) is 7.11. The zero-order chi connectivity index (χ0) is 11.3. The van der Waals surface area contributed by atoms with Gasteiger partial charge in [0.2, 0.25) is 0 Å². The molecule has 0 aromatic carbocycles. The first-order valence-corrected chi connectivity index (χ1v) is 5.25. The molecule has 1 aromatic rings. The van der Waals surface area contributed by atoms with Gasteiger partial charge in [0.15, 0.2) is 0 Å². The highest BCUT2D eigenvalue weighted by molar-refractivity contribution is 5.12. The second-order valence-corrected chi connectivity index (χ2v) is 3.94. The highest BCUT2D eigenvalue weighted by Gasteiger charge is 2.08. The summed E-state index contributed by atoms with van der Waals surface area (Å²) in [4.78, 5) is 8.56. The maximum absolute atomic E-state index is 4.33. The van der Waals surface area contributed by atoms with Crippen LogP contribution in [-0.2, 0) is 0 Å². The molecule has 15 heavy (non-hydrogen) atoms. The van der Waals surface area contributed by atoms with Crippen LogP contribution in [0, 0.1) is 6.92 Å². The van der Waals surface area contributed by atoms with Crippen LogP contribution in [0.2, 0.25) is 0 Å². The Bertz CT molecular complexity index is 340. The number of aromatic nitrogens is 2. The molecule has 82 valence electrons. The lowest BCUT2D eigenvalue weighted by Gasteiger charge is -2.13. The first kappa shape index (κ1) is 11.9. The van der Waals surface area contributed by atoms with Gasteiger partial charge in [0.1, 0.15) is 0 Å². The summed E-state index contributed by atoms with van der Waals surface area (Å²) in [6.45, 7) is 9.16. The van der Waals surface area contributed by atoms with Crippen molar-refractivity contribution >= 4 is 0 Å². The van der Waals surface area contributed by atoms with Gasteiger partial charge in [-0.1, -0.05) is 11.6 Å². The SMILES string of the molecule is CC(C)=CCNC(C)c1nccnc1C. The van der Waals surface area contributed by atoms with Crippen LogP contribution in [0.25, 0.3) is 0 Å². The molecule has 0 aliphatic carbocycles. The molecule has 1 unspecified atom stereocenters. The summed E-state index contributed by atoms with van der Waals surface area (Å²) in [6.07, 6.45) is 5.63. The summed E-state index contributed by atoms with van der Waals surface area (Å²) in [5.41, 5.74) is 3.35.